The van der Waals surface area contributed by atoms with Gasteiger partial charge in [-0.15, -0.1) is 0 Å². The number of fused-ring (bicyclic) bond motifs is 2. The lowest BCUT2D eigenvalue weighted by atomic mass is 9.82. The third-order valence-electron chi connectivity index (χ3n) is 7.14. The second kappa shape index (κ2) is 10.5. The average molecular weight is 463 g/mol. The van der Waals surface area contributed by atoms with Gasteiger partial charge in [0.25, 0.3) is 0 Å². The van der Waals surface area contributed by atoms with Crippen molar-refractivity contribution >= 4 is 22.7 Å². The number of benzene rings is 2. The van der Waals surface area contributed by atoms with Gasteiger partial charge in [0.05, 0.1) is 12.9 Å². The summed E-state index contributed by atoms with van der Waals surface area (Å²) in [7, 11) is 0. The molecule has 1 amide bonds. The molecule has 6 nitrogen and oxygen atoms in total. The Bertz CT molecular complexity index is 1120. The fourth-order valence-electron chi connectivity index (χ4n) is 5.33. The van der Waals surface area contributed by atoms with Crippen molar-refractivity contribution in [2.24, 2.45) is 0 Å². The number of carbonyl (C=O) groups excluding carboxylic acids is 1. The van der Waals surface area contributed by atoms with Crippen LogP contribution in [0.2, 0.25) is 0 Å². The number of rotatable bonds is 7. The smallest absolute Gasteiger partial charge is 0.417 e. The van der Waals surface area contributed by atoms with Crippen molar-refractivity contribution < 1.29 is 18.7 Å². The van der Waals surface area contributed by atoms with Gasteiger partial charge >= 0.3 is 6.09 Å². The number of amides is 1. The first-order valence-corrected chi connectivity index (χ1v) is 12.7. The van der Waals surface area contributed by atoms with Gasteiger partial charge in [0.15, 0.2) is 0 Å². The Labute approximate surface area is 201 Å². The molecular weight excluding hydrogens is 428 g/mol. The molecule has 0 spiro atoms. The van der Waals surface area contributed by atoms with Crippen molar-refractivity contribution in [3.05, 3.63) is 54.3 Å². The SMILES string of the molecule is CCCCOc1cccc(OC(=O)Nc2ccc3occ(C4CCN5CCCCC5C4)c3c2)c1. The molecule has 5 rings (SSSR count). The normalized spacial score (nSPS) is 20.6. The number of ether oxygens (including phenoxy) is 2. The number of furan rings is 1. The molecule has 0 saturated carbocycles. The zero-order chi connectivity index (χ0) is 23.3. The molecule has 3 aromatic rings. The Morgan fingerprint density at radius 2 is 2.03 bits per heavy atom. The first-order chi connectivity index (χ1) is 16.7. The molecule has 1 aromatic heterocycles. The zero-order valence-corrected chi connectivity index (χ0v) is 19.9. The quantitative estimate of drug-likeness (QED) is 0.385. The Kier molecular flexibility index (Phi) is 7.05. The number of nitrogens with zero attached hydrogens (tertiary/aromatic N) is 1. The zero-order valence-electron chi connectivity index (χ0n) is 19.9. The predicted molar refractivity (Wildman–Crippen MR) is 134 cm³/mol. The molecule has 6 heteroatoms. The van der Waals surface area contributed by atoms with Crippen LogP contribution >= 0.6 is 0 Å². The van der Waals surface area contributed by atoms with Crippen LogP contribution in [0, 0.1) is 0 Å². The fourth-order valence-corrected chi connectivity index (χ4v) is 5.33. The molecule has 2 atom stereocenters. The van der Waals surface area contributed by atoms with E-state index in [-0.39, 0.29) is 0 Å². The van der Waals surface area contributed by atoms with Gasteiger partial charge in [-0.05, 0) is 81.4 Å². The number of nitrogens with one attached hydrogen (secondary N) is 1. The number of hydrogen-bond acceptors (Lipinski definition) is 5. The average Bonchev–Trinajstić information content (AvgIpc) is 3.27. The van der Waals surface area contributed by atoms with Crippen LogP contribution in [0.5, 0.6) is 11.5 Å². The minimum atomic E-state index is -0.523. The van der Waals surface area contributed by atoms with Crippen molar-refractivity contribution in [3.63, 3.8) is 0 Å². The van der Waals surface area contributed by atoms with E-state index >= 15 is 0 Å². The van der Waals surface area contributed by atoms with E-state index in [4.69, 9.17) is 13.9 Å². The summed E-state index contributed by atoms with van der Waals surface area (Å²) < 4.78 is 17.1. The number of anilines is 1. The van der Waals surface area contributed by atoms with Gasteiger partial charge in [-0.2, -0.15) is 0 Å². The van der Waals surface area contributed by atoms with Gasteiger partial charge in [-0.1, -0.05) is 25.8 Å². The van der Waals surface area contributed by atoms with Crippen molar-refractivity contribution in [2.75, 3.05) is 25.0 Å². The highest BCUT2D eigenvalue weighted by atomic mass is 16.6. The predicted octanol–water partition coefficient (Wildman–Crippen LogP) is 6.95. The standard InChI is InChI=1S/C28H34N2O4/c1-2-3-15-32-23-8-6-9-24(18-23)34-28(31)29-21-10-11-27-25(17-21)26(19-33-27)20-12-14-30-13-5-4-7-22(30)16-20/h6,8-11,17-20,22H,2-5,7,12-16H2,1H3,(H,29,31). The van der Waals surface area contributed by atoms with E-state index in [2.05, 4.69) is 17.1 Å². The Hall–Kier alpha value is -2.99. The Morgan fingerprint density at radius 3 is 2.94 bits per heavy atom. The topological polar surface area (TPSA) is 63.9 Å². The maximum absolute atomic E-state index is 12.6. The van der Waals surface area contributed by atoms with Crippen LogP contribution in [0.15, 0.2) is 53.1 Å². The van der Waals surface area contributed by atoms with Crippen molar-refractivity contribution in [2.45, 2.75) is 63.8 Å². The van der Waals surface area contributed by atoms with Crippen molar-refractivity contribution in [1.82, 2.24) is 4.90 Å². The number of piperidine rings is 2. The molecular formula is C28H34N2O4. The van der Waals surface area contributed by atoms with E-state index in [0.29, 0.717) is 35.8 Å². The minimum absolute atomic E-state index is 0.454. The van der Waals surface area contributed by atoms with Gasteiger partial charge in [0.1, 0.15) is 17.1 Å². The second-order valence-corrected chi connectivity index (χ2v) is 9.50. The van der Waals surface area contributed by atoms with Gasteiger partial charge in [-0.3, -0.25) is 5.32 Å². The summed E-state index contributed by atoms with van der Waals surface area (Å²) in [5, 5.41) is 3.95. The van der Waals surface area contributed by atoms with Gasteiger partial charge in [0.2, 0.25) is 0 Å². The van der Waals surface area contributed by atoms with Gasteiger partial charge in [0, 0.05) is 28.7 Å². The first kappa shape index (κ1) is 22.8. The summed E-state index contributed by atoms with van der Waals surface area (Å²) in [5.74, 6) is 1.65. The van der Waals surface area contributed by atoms with Crippen LogP contribution in [0.3, 0.4) is 0 Å². The summed E-state index contributed by atoms with van der Waals surface area (Å²) in [5.41, 5.74) is 2.82. The highest BCUT2D eigenvalue weighted by Crippen LogP contribution is 2.39. The maximum atomic E-state index is 12.6. The van der Waals surface area contributed by atoms with Crippen LogP contribution in [0.1, 0.15) is 63.4 Å². The van der Waals surface area contributed by atoms with E-state index in [1.807, 2.05) is 36.6 Å². The Morgan fingerprint density at radius 1 is 1.12 bits per heavy atom. The molecule has 180 valence electrons. The molecule has 2 aromatic carbocycles. The van der Waals surface area contributed by atoms with E-state index in [1.165, 1.54) is 37.8 Å². The molecule has 2 unspecified atom stereocenters. The van der Waals surface area contributed by atoms with E-state index in [0.717, 1.165) is 36.8 Å². The molecule has 34 heavy (non-hydrogen) atoms. The van der Waals surface area contributed by atoms with E-state index < -0.39 is 6.09 Å². The second-order valence-electron chi connectivity index (χ2n) is 9.50. The third kappa shape index (κ3) is 5.22. The van der Waals surface area contributed by atoms with Crippen LogP contribution in [-0.2, 0) is 0 Å². The molecule has 2 aliphatic heterocycles. The van der Waals surface area contributed by atoms with Gasteiger partial charge in [-0.25, -0.2) is 4.79 Å². The van der Waals surface area contributed by atoms with Crippen LogP contribution in [-0.4, -0.2) is 36.7 Å². The highest BCUT2D eigenvalue weighted by Gasteiger charge is 2.32. The molecule has 1 N–H and O–H groups in total. The monoisotopic (exact) mass is 462 g/mol. The summed E-state index contributed by atoms with van der Waals surface area (Å²) in [6, 6.07) is 13.7. The summed E-state index contributed by atoms with van der Waals surface area (Å²) in [6.07, 6.45) is 9.76. The lowest BCUT2D eigenvalue weighted by Crippen LogP contribution is -2.44. The fraction of sp³-hybridized carbons (Fsp3) is 0.464. The van der Waals surface area contributed by atoms with E-state index in [1.54, 1.807) is 12.1 Å². The van der Waals surface area contributed by atoms with Crippen molar-refractivity contribution in [3.8, 4) is 11.5 Å². The molecule has 0 radical (unpaired) electrons. The summed E-state index contributed by atoms with van der Waals surface area (Å²) in [4.78, 5) is 15.2. The highest BCUT2D eigenvalue weighted by molar-refractivity contribution is 5.91. The summed E-state index contributed by atoms with van der Waals surface area (Å²) in [6.45, 7) is 5.18. The molecule has 0 bridgehead atoms. The van der Waals surface area contributed by atoms with Crippen LogP contribution < -0.4 is 14.8 Å². The van der Waals surface area contributed by atoms with E-state index in [9.17, 15) is 4.79 Å². The van der Waals surface area contributed by atoms with Crippen LogP contribution in [0.4, 0.5) is 10.5 Å². The minimum Gasteiger partial charge on any atom is -0.493 e. The number of unbranched alkanes of at least 4 members (excludes halogenated alkanes) is 1. The third-order valence-corrected chi connectivity index (χ3v) is 7.14. The molecule has 2 fully saturated rings. The van der Waals surface area contributed by atoms with Gasteiger partial charge < -0.3 is 18.8 Å². The number of carbonyl (C=O) groups is 1. The summed E-state index contributed by atoms with van der Waals surface area (Å²) >= 11 is 0. The molecule has 2 saturated heterocycles. The maximum Gasteiger partial charge on any atom is 0.417 e. The first-order valence-electron chi connectivity index (χ1n) is 12.7. The lowest BCUT2D eigenvalue weighted by molar-refractivity contribution is 0.0975. The van der Waals surface area contributed by atoms with Crippen molar-refractivity contribution in [1.29, 1.82) is 0 Å². The Balaban J connectivity index is 1.25. The largest absolute Gasteiger partial charge is 0.493 e. The molecule has 0 aliphatic carbocycles. The molecule has 3 heterocycles. The van der Waals surface area contributed by atoms with Crippen LogP contribution in [0.25, 0.3) is 11.0 Å². The number of hydrogen-bond donors (Lipinski definition) is 1. The molecule has 2 aliphatic rings. The lowest BCUT2D eigenvalue weighted by Gasteiger charge is -2.42.